The maximum Gasteiger partial charge on any atom is 0.253 e. The van der Waals surface area contributed by atoms with Crippen molar-refractivity contribution in [1.29, 1.82) is 0 Å². The van der Waals surface area contributed by atoms with Crippen molar-refractivity contribution in [3.63, 3.8) is 0 Å². The van der Waals surface area contributed by atoms with Crippen LogP contribution in [0.3, 0.4) is 0 Å². The molecule has 0 spiro atoms. The van der Waals surface area contributed by atoms with Crippen molar-refractivity contribution in [3.8, 4) is 0 Å². The van der Waals surface area contributed by atoms with Crippen LogP contribution in [-0.2, 0) is 14.6 Å². The molecule has 0 radical (unpaired) electrons. The molecule has 6 nitrogen and oxygen atoms in total. The van der Waals surface area contributed by atoms with E-state index in [1.54, 1.807) is 41.3 Å². The van der Waals surface area contributed by atoms with E-state index in [-0.39, 0.29) is 10.8 Å². The van der Waals surface area contributed by atoms with E-state index >= 15 is 0 Å². The van der Waals surface area contributed by atoms with Crippen molar-refractivity contribution in [2.24, 2.45) is 0 Å². The molecule has 0 saturated heterocycles. The minimum Gasteiger partial charge on any atom is -0.339 e. The Bertz CT molecular complexity index is 980. The highest BCUT2D eigenvalue weighted by molar-refractivity contribution is 9.10. The Morgan fingerprint density at radius 1 is 0.966 bits per heavy atom. The van der Waals surface area contributed by atoms with Crippen LogP contribution in [0.5, 0.6) is 0 Å². The number of nitrogens with one attached hydrogen (secondary N) is 1. The van der Waals surface area contributed by atoms with Gasteiger partial charge in [0.25, 0.3) is 5.91 Å². The maximum atomic E-state index is 13.0. The highest BCUT2D eigenvalue weighted by Gasteiger charge is 2.42. The van der Waals surface area contributed by atoms with E-state index in [1.807, 2.05) is 13.8 Å². The summed E-state index contributed by atoms with van der Waals surface area (Å²) in [6.45, 7) is 7.77. The lowest BCUT2D eigenvalue weighted by Gasteiger charge is -2.24. The fraction of sp³-hybridized carbons (Fsp3) is 0.333. The molecule has 0 aliphatic carbocycles. The maximum absolute atomic E-state index is 13.0. The Balaban J connectivity index is 2.20. The highest BCUT2D eigenvalue weighted by atomic mass is 79.9. The first-order valence-electron chi connectivity index (χ1n) is 9.25. The van der Waals surface area contributed by atoms with Gasteiger partial charge in [0.2, 0.25) is 5.91 Å². The Morgan fingerprint density at radius 2 is 1.48 bits per heavy atom. The number of rotatable bonds is 7. The summed E-state index contributed by atoms with van der Waals surface area (Å²) in [4.78, 5) is 26.9. The van der Waals surface area contributed by atoms with E-state index in [1.165, 1.54) is 26.0 Å². The van der Waals surface area contributed by atoms with E-state index in [0.29, 0.717) is 24.3 Å². The zero-order valence-electron chi connectivity index (χ0n) is 16.9. The number of carbonyl (C=O) groups is 2. The molecule has 0 unspecified atom stereocenters. The molecule has 0 aliphatic rings. The lowest BCUT2D eigenvalue weighted by molar-refractivity contribution is -0.117. The van der Waals surface area contributed by atoms with E-state index in [4.69, 9.17) is 0 Å². The van der Waals surface area contributed by atoms with Gasteiger partial charge in [-0.2, -0.15) is 0 Å². The zero-order valence-corrected chi connectivity index (χ0v) is 19.3. The summed E-state index contributed by atoms with van der Waals surface area (Å²) in [6, 6.07) is 12.6. The summed E-state index contributed by atoms with van der Waals surface area (Å²) in [5, 5.41) is 2.64. The van der Waals surface area contributed by atoms with Crippen LogP contribution in [0.1, 0.15) is 38.1 Å². The summed E-state index contributed by atoms with van der Waals surface area (Å²) in [6.07, 6.45) is 0. The van der Waals surface area contributed by atoms with Crippen LogP contribution in [-0.4, -0.2) is 43.0 Å². The molecule has 0 fully saturated rings. The number of amides is 2. The highest BCUT2D eigenvalue weighted by Crippen LogP contribution is 2.28. The van der Waals surface area contributed by atoms with Crippen molar-refractivity contribution in [2.45, 2.75) is 37.3 Å². The molecule has 29 heavy (non-hydrogen) atoms. The van der Waals surface area contributed by atoms with Gasteiger partial charge in [-0.3, -0.25) is 9.59 Å². The van der Waals surface area contributed by atoms with Gasteiger partial charge < -0.3 is 10.2 Å². The van der Waals surface area contributed by atoms with Crippen LogP contribution in [0.2, 0.25) is 0 Å². The third-order valence-corrected chi connectivity index (χ3v) is 7.73. The first kappa shape index (κ1) is 23.1. The van der Waals surface area contributed by atoms with Crippen molar-refractivity contribution in [2.75, 3.05) is 18.4 Å². The molecule has 0 atom stereocenters. The number of benzene rings is 2. The fourth-order valence-corrected chi connectivity index (χ4v) is 4.34. The Kier molecular flexibility index (Phi) is 7.24. The van der Waals surface area contributed by atoms with E-state index in [9.17, 15) is 18.0 Å². The molecular weight excluding hydrogens is 456 g/mol. The van der Waals surface area contributed by atoms with Gasteiger partial charge in [0.15, 0.2) is 9.84 Å². The van der Waals surface area contributed by atoms with Gasteiger partial charge in [0.05, 0.1) is 4.90 Å². The van der Waals surface area contributed by atoms with Gasteiger partial charge in [0.1, 0.15) is 4.75 Å². The molecule has 0 aliphatic heterocycles. The van der Waals surface area contributed by atoms with Gasteiger partial charge >= 0.3 is 0 Å². The molecule has 2 aromatic carbocycles. The molecule has 2 amide bonds. The third kappa shape index (κ3) is 4.87. The molecule has 8 heteroatoms. The van der Waals surface area contributed by atoms with E-state index in [2.05, 4.69) is 21.2 Å². The molecular formula is C21H25BrN2O4S. The SMILES string of the molecule is CCN(CC)C(=O)c1ccc(NC(=O)C(C)(C)S(=O)(=O)c2ccc(Br)cc2)cc1. The van der Waals surface area contributed by atoms with Crippen molar-refractivity contribution in [1.82, 2.24) is 4.90 Å². The Morgan fingerprint density at radius 3 is 1.97 bits per heavy atom. The lowest BCUT2D eigenvalue weighted by Crippen LogP contribution is -2.44. The van der Waals surface area contributed by atoms with Crippen molar-refractivity contribution < 1.29 is 18.0 Å². The summed E-state index contributed by atoms with van der Waals surface area (Å²) >= 11 is 3.27. The first-order valence-corrected chi connectivity index (χ1v) is 11.5. The average molecular weight is 481 g/mol. The van der Waals surface area contributed by atoms with Crippen LogP contribution in [0.15, 0.2) is 57.9 Å². The largest absolute Gasteiger partial charge is 0.339 e. The fourth-order valence-electron chi connectivity index (χ4n) is 2.70. The summed E-state index contributed by atoms with van der Waals surface area (Å²) in [5.74, 6) is -0.741. The summed E-state index contributed by atoms with van der Waals surface area (Å²) in [7, 11) is -3.91. The van der Waals surface area contributed by atoms with Crippen LogP contribution >= 0.6 is 15.9 Å². The third-order valence-electron chi connectivity index (χ3n) is 4.78. The quantitative estimate of drug-likeness (QED) is 0.645. The number of hydrogen-bond donors (Lipinski definition) is 1. The topological polar surface area (TPSA) is 83.6 Å². The number of anilines is 1. The van der Waals surface area contributed by atoms with E-state index < -0.39 is 20.5 Å². The summed E-state index contributed by atoms with van der Waals surface area (Å²) in [5.41, 5.74) is 0.929. The molecule has 0 heterocycles. The van der Waals surface area contributed by atoms with Crippen LogP contribution < -0.4 is 5.32 Å². The molecule has 1 N–H and O–H groups in total. The molecule has 0 bridgehead atoms. The monoisotopic (exact) mass is 480 g/mol. The van der Waals surface area contributed by atoms with Gasteiger partial charge in [-0.15, -0.1) is 0 Å². The number of halogens is 1. The second kappa shape index (κ2) is 9.09. The second-order valence-electron chi connectivity index (χ2n) is 6.98. The van der Waals surface area contributed by atoms with Gasteiger partial charge in [-0.1, -0.05) is 15.9 Å². The number of sulfone groups is 1. The molecule has 2 aromatic rings. The zero-order chi connectivity index (χ0) is 21.8. The molecule has 0 aromatic heterocycles. The summed E-state index contributed by atoms with van der Waals surface area (Å²) < 4.78 is 25.0. The van der Waals surface area contributed by atoms with Gasteiger partial charge in [-0.25, -0.2) is 8.42 Å². The molecule has 0 saturated carbocycles. The minimum atomic E-state index is -3.91. The normalized spacial score (nSPS) is 11.8. The number of nitrogens with zero attached hydrogens (tertiary/aromatic N) is 1. The first-order chi connectivity index (χ1) is 13.5. The van der Waals surface area contributed by atoms with Crippen LogP contribution in [0, 0.1) is 0 Å². The average Bonchev–Trinajstić information content (AvgIpc) is 2.69. The predicted octanol–water partition coefficient (Wildman–Crippen LogP) is 4.12. The number of carbonyl (C=O) groups excluding carboxylic acids is 2. The van der Waals surface area contributed by atoms with E-state index in [0.717, 1.165) is 4.47 Å². The smallest absolute Gasteiger partial charge is 0.253 e. The van der Waals surface area contributed by atoms with Gasteiger partial charge in [-0.05, 0) is 76.2 Å². The van der Waals surface area contributed by atoms with Crippen LogP contribution in [0.25, 0.3) is 0 Å². The van der Waals surface area contributed by atoms with Crippen molar-refractivity contribution in [3.05, 3.63) is 58.6 Å². The second-order valence-corrected chi connectivity index (χ2v) is 10.4. The Labute approximate surface area is 180 Å². The van der Waals surface area contributed by atoms with Crippen molar-refractivity contribution >= 4 is 43.3 Å². The molecule has 156 valence electrons. The molecule has 2 rings (SSSR count). The van der Waals surface area contributed by atoms with Crippen LogP contribution in [0.4, 0.5) is 5.69 Å². The minimum absolute atomic E-state index is 0.0704. The lowest BCUT2D eigenvalue weighted by atomic mass is 10.1. The predicted molar refractivity (Wildman–Crippen MR) is 118 cm³/mol. The number of hydrogen-bond acceptors (Lipinski definition) is 4. The standard InChI is InChI=1S/C21H25BrN2O4S/c1-5-24(6-2)19(25)15-7-11-17(12-8-15)23-20(26)21(3,4)29(27,28)18-13-9-16(22)10-14-18/h7-14H,5-6H2,1-4H3,(H,23,26). The Hall–Kier alpha value is -2.19. The van der Waals surface area contributed by atoms with Gasteiger partial charge in [0, 0.05) is 28.8 Å².